The lowest BCUT2D eigenvalue weighted by molar-refractivity contribution is 0.0497. The molecule has 1 aliphatic carbocycles. The number of ether oxygens (including phenoxy) is 2. The fourth-order valence-corrected chi connectivity index (χ4v) is 4.94. The maximum Gasteiger partial charge on any atom is 0.161 e. The molecule has 1 aliphatic heterocycles. The maximum absolute atomic E-state index is 10.5. The van der Waals surface area contributed by atoms with Crippen molar-refractivity contribution in [1.29, 1.82) is 0 Å². The molecule has 1 saturated carbocycles. The van der Waals surface area contributed by atoms with Gasteiger partial charge in [0.25, 0.3) is 0 Å². The van der Waals surface area contributed by atoms with E-state index in [9.17, 15) is 5.11 Å². The van der Waals surface area contributed by atoms with Crippen LogP contribution in [0.4, 0.5) is 0 Å². The minimum Gasteiger partial charge on any atom is -0.493 e. The van der Waals surface area contributed by atoms with E-state index in [1.807, 2.05) is 12.1 Å². The van der Waals surface area contributed by atoms with Gasteiger partial charge in [0.05, 0.1) is 7.11 Å². The van der Waals surface area contributed by atoms with Gasteiger partial charge in [0, 0.05) is 51.4 Å². The van der Waals surface area contributed by atoms with Crippen LogP contribution in [0.1, 0.15) is 37.7 Å². The Kier molecular flexibility index (Phi) is 9.61. The molecule has 2 N–H and O–H groups in total. The number of aliphatic hydroxyl groups is 1. The predicted molar refractivity (Wildman–Crippen MR) is 130 cm³/mol. The van der Waals surface area contributed by atoms with Gasteiger partial charge in [-0.05, 0) is 51.7 Å². The Morgan fingerprint density at radius 3 is 2.47 bits per heavy atom. The van der Waals surface area contributed by atoms with Gasteiger partial charge in [-0.1, -0.05) is 25.3 Å². The second-order valence-corrected chi connectivity index (χ2v) is 9.84. The first kappa shape index (κ1) is 25.2. The molecule has 1 aromatic rings. The van der Waals surface area contributed by atoms with Gasteiger partial charge in [-0.2, -0.15) is 0 Å². The van der Waals surface area contributed by atoms with Crippen molar-refractivity contribution in [3.63, 3.8) is 0 Å². The number of likely N-dealkylation sites (N-methyl/N-ethyl adjacent to an activating group) is 2. The second-order valence-electron chi connectivity index (χ2n) is 9.84. The molecule has 3 rings (SSSR count). The molecular weight excluding hydrogens is 404 g/mol. The number of hydrogen-bond acceptors (Lipinski definition) is 7. The van der Waals surface area contributed by atoms with E-state index in [4.69, 9.17) is 9.47 Å². The van der Waals surface area contributed by atoms with E-state index >= 15 is 0 Å². The van der Waals surface area contributed by atoms with Gasteiger partial charge < -0.3 is 29.7 Å². The number of methoxy groups -OCH3 is 1. The highest BCUT2D eigenvalue weighted by Gasteiger charge is 2.33. The number of nitrogens with zero attached hydrogens (tertiary/aromatic N) is 3. The first-order valence-electron chi connectivity index (χ1n) is 12.2. The molecule has 1 unspecified atom stereocenters. The average Bonchev–Trinajstić information content (AvgIpc) is 2.80. The molecule has 182 valence electrons. The lowest BCUT2D eigenvalue weighted by atomic mass is 9.80. The number of β-amino-alcohol motifs (C(OH)–C–C–N with tert-alkyl or cyclic N) is 1. The lowest BCUT2D eigenvalue weighted by Gasteiger charge is -2.43. The standard InChI is InChI=1S/C25H44N4O3/c1-27(2)25(10-6-5-7-11-25)20-26-17-21-8-9-23(31-4)24(16-21)32-19-22(30)18-29-14-12-28(3)13-15-29/h8-9,16,22,26,30H,5-7,10-15,17-20H2,1-4H3. The van der Waals surface area contributed by atoms with Crippen molar-refractivity contribution in [2.24, 2.45) is 0 Å². The summed E-state index contributed by atoms with van der Waals surface area (Å²) < 4.78 is 11.5. The summed E-state index contributed by atoms with van der Waals surface area (Å²) >= 11 is 0. The van der Waals surface area contributed by atoms with E-state index in [2.05, 4.69) is 47.2 Å². The smallest absolute Gasteiger partial charge is 0.161 e. The van der Waals surface area contributed by atoms with E-state index in [1.165, 1.54) is 37.7 Å². The van der Waals surface area contributed by atoms with E-state index in [1.54, 1.807) is 7.11 Å². The molecule has 1 heterocycles. The zero-order valence-corrected chi connectivity index (χ0v) is 20.6. The van der Waals surface area contributed by atoms with Gasteiger partial charge in [0.1, 0.15) is 12.7 Å². The van der Waals surface area contributed by atoms with Crippen LogP contribution < -0.4 is 14.8 Å². The predicted octanol–water partition coefficient (Wildman–Crippen LogP) is 2.04. The van der Waals surface area contributed by atoms with Crippen LogP contribution in [0, 0.1) is 0 Å². The van der Waals surface area contributed by atoms with Crippen molar-refractivity contribution in [1.82, 2.24) is 20.0 Å². The van der Waals surface area contributed by atoms with Crippen molar-refractivity contribution >= 4 is 0 Å². The number of hydrogen-bond donors (Lipinski definition) is 2. The fourth-order valence-electron chi connectivity index (χ4n) is 4.94. The van der Waals surface area contributed by atoms with Gasteiger partial charge in [-0.3, -0.25) is 4.90 Å². The Hall–Kier alpha value is -1.38. The number of piperazine rings is 1. The second kappa shape index (κ2) is 12.2. The van der Waals surface area contributed by atoms with Gasteiger partial charge >= 0.3 is 0 Å². The van der Waals surface area contributed by atoms with Crippen molar-refractivity contribution in [2.45, 2.75) is 50.3 Å². The summed E-state index contributed by atoms with van der Waals surface area (Å²) in [4.78, 5) is 7.03. The molecule has 0 spiro atoms. The summed E-state index contributed by atoms with van der Waals surface area (Å²) in [7, 11) is 8.21. The van der Waals surface area contributed by atoms with Gasteiger partial charge in [0.2, 0.25) is 0 Å². The number of rotatable bonds is 11. The number of aliphatic hydroxyl groups excluding tert-OH is 1. The molecule has 1 aromatic carbocycles. The molecule has 0 aromatic heterocycles. The van der Waals surface area contributed by atoms with Crippen LogP contribution >= 0.6 is 0 Å². The first-order chi connectivity index (χ1) is 15.4. The van der Waals surface area contributed by atoms with Crippen molar-refractivity contribution in [3.05, 3.63) is 23.8 Å². The van der Waals surface area contributed by atoms with E-state index < -0.39 is 6.10 Å². The highest BCUT2D eigenvalue weighted by Crippen LogP contribution is 2.32. The molecular formula is C25H44N4O3. The molecule has 7 heteroatoms. The van der Waals surface area contributed by atoms with Crippen LogP contribution in [0.5, 0.6) is 11.5 Å². The third-order valence-corrected chi connectivity index (χ3v) is 7.24. The number of benzene rings is 1. The van der Waals surface area contributed by atoms with Crippen LogP contribution in [0.15, 0.2) is 18.2 Å². The monoisotopic (exact) mass is 448 g/mol. The molecule has 32 heavy (non-hydrogen) atoms. The summed E-state index contributed by atoms with van der Waals surface area (Å²) in [6, 6.07) is 6.09. The van der Waals surface area contributed by atoms with Crippen molar-refractivity contribution in [3.8, 4) is 11.5 Å². The van der Waals surface area contributed by atoms with Gasteiger partial charge in [-0.15, -0.1) is 0 Å². The Labute approximate surface area is 194 Å². The third kappa shape index (κ3) is 7.06. The molecule has 0 bridgehead atoms. The Morgan fingerprint density at radius 1 is 1.09 bits per heavy atom. The molecule has 7 nitrogen and oxygen atoms in total. The van der Waals surface area contributed by atoms with Crippen LogP contribution in [0.2, 0.25) is 0 Å². The SMILES string of the molecule is COc1ccc(CNCC2(N(C)C)CCCCC2)cc1OCC(O)CN1CCN(C)CC1. The van der Waals surface area contributed by atoms with E-state index in [-0.39, 0.29) is 12.1 Å². The zero-order chi connectivity index (χ0) is 23.0. The fraction of sp³-hybridized carbons (Fsp3) is 0.760. The molecule has 2 aliphatic rings. The summed E-state index contributed by atoms with van der Waals surface area (Å²) in [6.45, 7) is 6.77. The Bertz CT molecular complexity index is 686. The summed E-state index contributed by atoms with van der Waals surface area (Å²) in [6.07, 6.45) is 5.99. The molecule has 0 radical (unpaired) electrons. The lowest BCUT2D eigenvalue weighted by Crippen LogP contribution is -2.52. The van der Waals surface area contributed by atoms with Crippen LogP contribution in [-0.2, 0) is 6.54 Å². The quantitative estimate of drug-likeness (QED) is 0.537. The zero-order valence-electron chi connectivity index (χ0n) is 20.6. The Balaban J connectivity index is 1.51. The summed E-state index contributed by atoms with van der Waals surface area (Å²) in [5.41, 5.74) is 1.43. The average molecular weight is 449 g/mol. The van der Waals surface area contributed by atoms with Crippen LogP contribution in [-0.4, -0.2) is 106 Å². The number of nitrogens with one attached hydrogen (secondary N) is 1. The Morgan fingerprint density at radius 2 is 1.81 bits per heavy atom. The topological polar surface area (TPSA) is 60.4 Å². The van der Waals surface area contributed by atoms with Crippen LogP contribution in [0.25, 0.3) is 0 Å². The van der Waals surface area contributed by atoms with E-state index in [0.717, 1.165) is 39.3 Å². The summed E-state index contributed by atoms with van der Waals surface area (Å²) in [5.74, 6) is 1.40. The highest BCUT2D eigenvalue weighted by molar-refractivity contribution is 5.43. The van der Waals surface area contributed by atoms with Crippen molar-refractivity contribution in [2.75, 3.05) is 74.1 Å². The van der Waals surface area contributed by atoms with Crippen LogP contribution in [0.3, 0.4) is 0 Å². The molecule has 0 amide bonds. The minimum absolute atomic E-state index is 0.261. The maximum atomic E-state index is 10.5. The highest BCUT2D eigenvalue weighted by atomic mass is 16.5. The molecule has 1 atom stereocenters. The van der Waals surface area contributed by atoms with Gasteiger partial charge in [0.15, 0.2) is 11.5 Å². The van der Waals surface area contributed by atoms with Gasteiger partial charge in [-0.25, -0.2) is 0 Å². The van der Waals surface area contributed by atoms with E-state index in [0.29, 0.717) is 18.0 Å². The first-order valence-corrected chi connectivity index (χ1v) is 12.2. The largest absolute Gasteiger partial charge is 0.493 e. The minimum atomic E-state index is -0.517. The normalized spacial score (nSPS) is 20.9. The summed E-state index contributed by atoms with van der Waals surface area (Å²) in [5, 5.41) is 14.2. The van der Waals surface area contributed by atoms with Crippen molar-refractivity contribution < 1.29 is 14.6 Å². The molecule has 1 saturated heterocycles. The third-order valence-electron chi connectivity index (χ3n) is 7.24. The molecule has 2 fully saturated rings.